The van der Waals surface area contributed by atoms with Gasteiger partial charge in [-0.05, 0) is 13.0 Å². The molecule has 0 N–H and O–H groups in total. The van der Waals surface area contributed by atoms with Crippen molar-refractivity contribution in [3.8, 4) is 0 Å². The van der Waals surface area contributed by atoms with Crippen LogP contribution in [0.25, 0.3) is 6.08 Å². The van der Waals surface area contributed by atoms with E-state index in [-0.39, 0.29) is 0 Å². The number of aromatic nitrogens is 2. The zero-order valence-corrected chi connectivity index (χ0v) is 9.44. The van der Waals surface area contributed by atoms with Crippen LogP contribution < -0.4 is 0 Å². The second-order valence-corrected chi connectivity index (χ2v) is 3.70. The number of rotatable bonds is 4. The smallest absolute Gasteiger partial charge is 0.250 e. The highest BCUT2D eigenvalue weighted by Gasteiger charge is 2.39. The summed E-state index contributed by atoms with van der Waals surface area (Å²) in [5.74, 6) is 1.04. The third-order valence-electron chi connectivity index (χ3n) is 2.74. The van der Waals surface area contributed by atoms with Gasteiger partial charge in [-0.3, -0.25) is 0 Å². The first-order chi connectivity index (χ1) is 7.80. The zero-order valence-electron chi connectivity index (χ0n) is 9.44. The van der Waals surface area contributed by atoms with Crippen LogP contribution in [0.2, 0.25) is 0 Å². The fourth-order valence-corrected chi connectivity index (χ4v) is 1.91. The summed E-state index contributed by atoms with van der Waals surface area (Å²) in [5.41, 5.74) is -0.447. The number of hydrogen-bond donors (Lipinski definition) is 0. The first kappa shape index (κ1) is 11.3. The van der Waals surface area contributed by atoms with Gasteiger partial charge in [-0.1, -0.05) is 11.7 Å². The minimum absolute atomic E-state index is 0.431. The zero-order chi connectivity index (χ0) is 11.4. The molecule has 0 amide bonds. The van der Waals surface area contributed by atoms with E-state index in [0.29, 0.717) is 31.5 Å². The van der Waals surface area contributed by atoms with Gasteiger partial charge in [0.1, 0.15) is 5.60 Å². The highest BCUT2D eigenvalue weighted by Crippen LogP contribution is 2.34. The lowest BCUT2D eigenvalue weighted by atomic mass is 9.93. The molecule has 0 aromatic carbocycles. The molecule has 16 heavy (non-hydrogen) atoms. The average Bonchev–Trinajstić information content (AvgIpc) is 2.80. The van der Waals surface area contributed by atoms with Crippen molar-refractivity contribution in [1.82, 2.24) is 10.1 Å². The Balaban J connectivity index is 2.26. The molecule has 88 valence electrons. The summed E-state index contributed by atoms with van der Waals surface area (Å²) in [6.07, 6.45) is 3.06. The predicted molar refractivity (Wildman–Crippen MR) is 57.7 cm³/mol. The average molecular weight is 224 g/mol. The molecule has 0 saturated carbocycles. The van der Waals surface area contributed by atoms with Crippen LogP contribution in [0.5, 0.6) is 0 Å². The SMILES string of the molecule is C=Cc1nc(C2(OCC)CCOCC2)no1. The maximum Gasteiger partial charge on any atom is 0.250 e. The number of ether oxygens (including phenoxy) is 2. The molecular weight excluding hydrogens is 208 g/mol. The van der Waals surface area contributed by atoms with Gasteiger partial charge >= 0.3 is 0 Å². The molecule has 1 fully saturated rings. The standard InChI is InChI=1S/C11H16N2O3/c1-3-9-12-10(13-16-9)11(15-4-2)5-7-14-8-6-11/h3H,1,4-8H2,2H3. The highest BCUT2D eigenvalue weighted by atomic mass is 16.5. The van der Waals surface area contributed by atoms with Crippen molar-refractivity contribution in [3.63, 3.8) is 0 Å². The summed E-state index contributed by atoms with van der Waals surface area (Å²) < 4.78 is 16.2. The van der Waals surface area contributed by atoms with Crippen LogP contribution in [0.4, 0.5) is 0 Å². The van der Waals surface area contributed by atoms with Crippen LogP contribution in [0.3, 0.4) is 0 Å². The van der Waals surface area contributed by atoms with Crippen molar-refractivity contribution in [2.75, 3.05) is 19.8 Å². The molecule has 2 heterocycles. The molecule has 0 radical (unpaired) electrons. The molecule has 0 unspecified atom stereocenters. The fourth-order valence-electron chi connectivity index (χ4n) is 1.91. The van der Waals surface area contributed by atoms with E-state index in [2.05, 4.69) is 16.7 Å². The van der Waals surface area contributed by atoms with Crippen LogP contribution in [0.1, 0.15) is 31.5 Å². The van der Waals surface area contributed by atoms with E-state index < -0.39 is 5.60 Å². The molecule has 2 rings (SSSR count). The van der Waals surface area contributed by atoms with Gasteiger partial charge in [0, 0.05) is 32.7 Å². The Hall–Kier alpha value is -1.20. The molecular formula is C11H16N2O3. The molecule has 1 aromatic heterocycles. The molecule has 0 spiro atoms. The molecule has 1 saturated heterocycles. The lowest BCUT2D eigenvalue weighted by Gasteiger charge is -2.33. The fraction of sp³-hybridized carbons (Fsp3) is 0.636. The third kappa shape index (κ3) is 2.01. The third-order valence-corrected chi connectivity index (χ3v) is 2.74. The minimum Gasteiger partial charge on any atom is -0.381 e. The van der Waals surface area contributed by atoms with Crippen LogP contribution >= 0.6 is 0 Å². The molecule has 0 aliphatic carbocycles. The molecule has 0 bridgehead atoms. The Bertz CT molecular complexity index is 350. The summed E-state index contributed by atoms with van der Waals surface area (Å²) in [5, 5.41) is 3.96. The van der Waals surface area contributed by atoms with Gasteiger partial charge < -0.3 is 14.0 Å². The Labute approximate surface area is 94.4 Å². The summed E-state index contributed by atoms with van der Waals surface area (Å²) in [6.45, 7) is 7.51. The second kappa shape index (κ2) is 4.76. The summed E-state index contributed by atoms with van der Waals surface area (Å²) in [7, 11) is 0. The Morgan fingerprint density at radius 2 is 2.25 bits per heavy atom. The molecule has 5 heteroatoms. The normalized spacial score (nSPS) is 19.6. The van der Waals surface area contributed by atoms with Crippen molar-refractivity contribution in [2.45, 2.75) is 25.4 Å². The van der Waals surface area contributed by atoms with Crippen LogP contribution in [-0.2, 0) is 15.1 Å². The first-order valence-electron chi connectivity index (χ1n) is 5.49. The van der Waals surface area contributed by atoms with Crippen molar-refractivity contribution in [3.05, 3.63) is 18.3 Å². The van der Waals surface area contributed by atoms with Gasteiger partial charge in [-0.2, -0.15) is 4.98 Å². The van der Waals surface area contributed by atoms with Crippen molar-refractivity contribution in [1.29, 1.82) is 0 Å². The summed E-state index contributed by atoms with van der Waals surface area (Å²) >= 11 is 0. The van der Waals surface area contributed by atoms with E-state index in [9.17, 15) is 0 Å². The van der Waals surface area contributed by atoms with Crippen molar-refractivity contribution < 1.29 is 14.0 Å². The maximum atomic E-state index is 5.82. The second-order valence-electron chi connectivity index (χ2n) is 3.70. The molecule has 5 nitrogen and oxygen atoms in total. The Morgan fingerprint density at radius 1 is 1.50 bits per heavy atom. The monoisotopic (exact) mass is 224 g/mol. The Morgan fingerprint density at radius 3 is 2.81 bits per heavy atom. The van der Waals surface area contributed by atoms with Crippen LogP contribution in [0.15, 0.2) is 11.1 Å². The van der Waals surface area contributed by atoms with Crippen molar-refractivity contribution in [2.24, 2.45) is 0 Å². The largest absolute Gasteiger partial charge is 0.381 e. The van der Waals surface area contributed by atoms with E-state index in [1.807, 2.05) is 6.92 Å². The van der Waals surface area contributed by atoms with Gasteiger partial charge in [0.25, 0.3) is 0 Å². The van der Waals surface area contributed by atoms with Crippen LogP contribution in [0, 0.1) is 0 Å². The predicted octanol–water partition coefficient (Wildman–Crippen LogP) is 1.75. The summed E-state index contributed by atoms with van der Waals surface area (Å²) in [4.78, 5) is 4.27. The lowest BCUT2D eigenvalue weighted by molar-refractivity contribution is -0.118. The molecule has 1 aliphatic heterocycles. The van der Waals surface area contributed by atoms with Gasteiger partial charge in [0.2, 0.25) is 11.7 Å². The Kier molecular flexibility index (Phi) is 3.36. The topological polar surface area (TPSA) is 57.4 Å². The molecule has 0 atom stereocenters. The van der Waals surface area contributed by atoms with Gasteiger partial charge in [0.15, 0.2) is 0 Å². The lowest BCUT2D eigenvalue weighted by Crippen LogP contribution is -2.37. The van der Waals surface area contributed by atoms with Crippen LogP contribution in [-0.4, -0.2) is 30.0 Å². The van der Waals surface area contributed by atoms with Gasteiger partial charge in [-0.25, -0.2) is 0 Å². The number of nitrogens with zero attached hydrogens (tertiary/aromatic N) is 2. The van der Waals surface area contributed by atoms with Crippen molar-refractivity contribution >= 4 is 6.08 Å². The van der Waals surface area contributed by atoms with E-state index in [0.717, 1.165) is 12.8 Å². The molecule has 1 aromatic rings. The first-order valence-corrected chi connectivity index (χ1v) is 5.49. The quantitative estimate of drug-likeness (QED) is 0.779. The van der Waals surface area contributed by atoms with E-state index in [1.54, 1.807) is 0 Å². The molecule has 1 aliphatic rings. The summed E-state index contributed by atoms with van der Waals surface area (Å²) in [6, 6.07) is 0. The van der Waals surface area contributed by atoms with Gasteiger partial charge in [-0.15, -0.1) is 0 Å². The van der Waals surface area contributed by atoms with E-state index in [4.69, 9.17) is 14.0 Å². The highest BCUT2D eigenvalue weighted by molar-refractivity contribution is 5.33. The minimum atomic E-state index is -0.447. The van der Waals surface area contributed by atoms with Gasteiger partial charge in [0.05, 0.1) is 0 Å². The van der Waals surface area contributed by atoms with E-state index in [1.165, 1.54) is 6.08 Å². The van der Waals surface area contributed by atoms with E-state index >= 15 is 0 Å². The maximum absolute atomic E-state index is 5.82. The number of hydrogen-bond acceptors (Lipinski definition) is 5.